The first-order chi connectivity index (χ1) is 17.1. The summed E-state index contributed by atoms with van der Waals surface area (Å²) in [5.74, 6) is -0.318. The number of methoxy groups -OCH3 is 1. The second kappa shape index (κ2) is 10.9. The van der Waals surface area contributed by atoms with Gasteiger partial charge in [0.25, 0.3) is 5.91 Å². The summed E-state index contributed by atoms with van der Waals surface area (Å²) in [6.45, 7) is 3.73. The van der Waals surface area contributed by atoms with Crippen molar-refractivity contribution in [1.82, 2.24) is 20.5 Å². The van der Waals surface area contributed by atoms with Crippen LogP contribution in [0.3, 0.4) is 0 Å². The van der Waals surface area contributed by atoms with Crippen molar-refractivity contribution >= 4 is 39.2 Å². The summed E-state index contributed by atoms with van der Waals surface area (Å²) in [4.78, 5) is 33.3. The first kappa shape index (κ1) is 26.6. The fourth-order valence-electron chi connectivity index (χ4n) is 4.93. The third kappa shape index (κ3) is 5.60. The zero-order chi connectivity index (χ0) is 26.0. The number of rotatable bonds is 6. The van der Waals surface area contributed by atoms with Gasteiger partial charge in [-0.2, -0.15) is 13.2 Å². The van der Waals surface area contributed by atoms with Gasteiger partial charge < -0.3 is 20.3 Å². The van der Waals surface area contributed by atoms with E-state index in [4.69, 9.17) is 4.74 Å². The Morgan fingerprint density at radius 3 is 2.42 bits per heavy atom. The monoisotopic (exact) mass is 527 g/mol. The van der Waals surface area contributed by atoms with Gasteiger partial charge in [-0.05, 0) is 38.7 Å². The maximum absolute atomic E-state index is 13.8. The molecular weight excluding hydrogens is 495 g/mol. The number of amides is 2. The molecular formula is C24H32F3N5O3S. The molecule has 2 aromatic rings. The number of aromatic nitrogens is 1. The number of anilines is 1. The molecule has 0 aromatic carbocycles. The Morgan fingerprint density at radius 2 is 1.83 bits per heavy atom. The van der Waals surface area contributed by atoms with Crippen LogP contribution in [0.5, 0.6) is 0 Å². The van der Waals surface area contributed by atoms with Crippen LogP contribution in [0.15, 0.2) is 11.4 Å². The van der Waals surface area contributed by atoms with E-state index in [0.717, 1.165) is 43.1 Å². The normalized spacial score (nSPS) is 22.4. The second-order valence-corrected chi connectivity index (χ2v) is 10.2. The molecule has 198 valence electrons. The van der Waals surface area contributed by atoms with Crippen molar-refractivity contribution in [3.8, 4) is 0 Å². The highest BCUT2D eigenvalue weighted by molar-refractivity contribution is 7.17. The number of ether oxygens (including phenoxy) is 1. The van der Waals surface area contributed by atoms with Gasteiger partial charge in [0, 0.05) is 51.8 Å². The Morgan fingerprint density at radius 1 is 1.17 bits per heavy atom. The molecule has 2 aliphatic rings. The average molecular weight is 528 g/mol. The Kier molecular flexibility index (Phi) is 8.06. The first-order valence-corrected chi connectivity index (χ1v) is 13.0. The minimum atomic E-state index is -4.57. The number of nitrogens with one attached hydrogen (secondary N) is 2. The number of fused-ring (bicyclic) bond motifs is 1. The van der Waals surface area contributed by atoms with Crippen molar-refractivity contribution in [3.63, 3.8) is 0 Å². The Labute approximate surface area is 212 Å². The lowest BCUT2D eigenvalue weighted by Crippen LogP contribution is -2.55. The molecule has 3 heterocycles. The molecule has 12 heteroatoms. The molecule has 0 radical (unpaired) electrons. The Balaban J connectivity index is 1.44. The minimum absolute atomic E-state index is 0.0308. The van der Waals surface area contributed by atoms with Crippen LogP contribution in [0.2, 0.25) is 0 Å². The number of carbonyl (C=O) groups is 2. The van der Waals surface area contributed by atoms with E-state index in [2.05, 4.69) is 15.6 Å². The summed E-state index contributed by atoms with van der Waals surface area (Å²) in [6, 6.07) is 0.865. The molecule has 1 saturated heterocycles. The van der Waals surface area contributed by atoms with Crippen LogP contribution in [0.25, 0.3) is 10.2 Å². The van der Waals surface area contributed by atoms with Crippen molar-refractivity contribution in [3.05, 3.63) is 22.6 Å². The molecule has 4 rings (SSSR count). The maximum Gasteiger partial charge on any atom is 0.417 e. The molecule has 2 N–H and O–H groups in total. The molecule has 1 saturated carbocycles. The fraction of sp³-hybridized carbons (Fsp3) is 0.625. The Hall–Kier alpha value is -2.44. The van der Waals surface area contributed by atoms with Crippen molar-refractivity contribution in [1.29, 1.82) is 0 Å². The van der Waals surface area contributed by atoms with E-state index < -0.39 is 17.6 Å². The third-order valence-electron chi connectivity index (χ3n) is 7.21. The number of pyridine rings is 1. The van der Waals surface area contributed by atoms with Crippen LogP contribution in [0.1, 0.15) is 48.5 Å². The zero-order valence-corrected chi connectivity index (χ0v) is 21.5. The van der Waals surface area contributed by atoms with Gasteiger partial charge in [-0.1, -0.05) is 0 Å². The van der Waals surface area contributed by atoms with Gasteiger partial charge >= 0.3 is 6.18 Å². The molecule has 36 heavy (non-hydrogen) atoms. The van der Waals surface area contributed by atoms with Crippen LogP contribution in [0, 0.1) is 0 Å². The van der Waals surface area contributed by atoms with E-state index in [1.54, 1.807) is 12.0 Å². The lowest BCUT2D eigenvalue weighted by atomic mass is 9.93. The van der Waals surface area contributed by atoms with E-state index >= 15 is 0 Å². The molecule has 1 unspecified atom stereocenters. The molecule has 1 atom stereocenters. The van der Waals surface area contributed by atoms with E-state index in [1.807, 2.05) is 11.8 Å². The number of hydrogen-bond acceptors (Lipinski definition) is 7. The number of hydrogen-bond donors (Lipinski definition) is 2. The zero-order valence-electron chi connectivity index (χ0n) is 20.7. The van der Waals surface area contributed by atoms with Gasteiger partial charge in [0.05, 0.1) is 33.5 Å². The van der Waals surface area contributed by atoms with Gasteiger partial charge in [0.1, 0.15) is 5.82 Å². The molecule has 2 amide bonds. The highest BCUT2D eigenvalue weighted by atomic mass is 32.1. The molecule has 2 fully saturated rings. The number of thiophene rings is 1. The van der Waals surface area contributed by atoms with E-state index in [9.17, 15) is 22.8 Å². The van der Waals surface area contributed by atoms with Gasteiger partial charge in [-0.3, -0.25) is 14.5 Å². The average Bonchev–Trinajstić information content (AvgIpc) is 3.31. The topological polar surface area (TPSA) is 86.8 Å². The molecule has 0 bridgehead atoms. The molecule has 2 aromatic heterocycles. The maximum atomic E-state index is 13.8. The van der Waals surface area contributed by atoms with Crippen LogP contribution < -0.4 is 15.5 Å². The van der Waals surface area contributed by atoms with E-state index in [-0.39, 0.29) is 45.7 Å². The highest BCUT2D eigenvalue weighted by Gasteiger charge is 2.36. The van der Waals surface area contributed by atoms with Crippen molar-refractivity contribution in [2.24, 2.45) is 0 Å². The summed E-state index contributed by atoms with van der Waals surface area (Å²) in [5, 5.41) is 7.02. The van der Waals surface area contributed by atoms with Crippen LogP contribution in [-0.2, 0) is 15.7 Å². The van der Waals surface area contributed by atoms with E-state index in [0.29, 0.717) is 26.2 Å². The molecule has 1 aliphatic carbocycles. The second-order valence-electron chi connectivity index (χ2n) is 9.35. The predicted molar refractivity (Wildman–Crippen MR) is 132 cm³/mol. The SMILES string of the molecule is CNC(=O)c1csc2c(C(F)(F)F)cc(N3CCN(C(C)C(=O)NC4CCC(OC)CC4)CC3)nc12. The number of alkyl halides is 3. The standard InChI is InChI=1S/C24H32F3N5O3S/c1-14(22(33)29-15-4-6-16(35-3)7-5-15)31-8-10-32(11-9-31)19-12-18(24(25,26)27)21-20(30-19)17(13-36-21)23(34)28-2/h12-16H,4-11H2,1-3H3,(H,28,34)(H,29,33). The lowest BCUT2D eigenvalue weighted by molar-refractivity contribution is -0.136. The number of halogens is 3. The third-order valence-corrected chi connectivity index (χ3v) is 8.21. The number of piperazine rings is 1. The molecule has 0 spiro atoms. The quantitative estimate of drug-likeness (QED) is 0.600. The van der Waals surface area contributed by atoms with Crippen LogP contribution in [0.4, 0.5) is 19.0 Å². The largest absolute Gasteiger partial charge is 0.417 e. The van der Waals surface area contributed by atoms with Gasteiger partial charge in [0.2, 0.25) is 5.91 Å². The van der Waals surface area contributed by atoms with Gasteiger partial charge in [0.15, 0.2) is 0 Å². The first-order valence-electron chi connectivity index (χ1n) is 12.2. The van der Waals surface area contributed by atoms with Crippen molar-refractivity contribution in [2.45, 2.75) is 57.0 Å². The van der Waals surface area contributed by atoms with Crippen LogP contribution >= 0.6 is 11.3 Å². The smallest absolute Gasteiger partial charge is 0.381 e. The van der Waals surface area contributed by atoms with Crippen LogP contribution in [-0.4, -0.2) is 80.2 Å². The van der Waals surface area contributed by atoms with Crippen molar-refractivity contribution < 1.29 is 27.5 Å². The number of carbonyl (C=O) groups excluding carboxylic acids is 2. The summed E-state index contributed by atoms with van der Waals surface area (Å²) < 4.78 is 46.9. The number of nitrogens with zero attached hydrogens (tertiary/aromatic N) is 3. The van der Waals surface area contributed by atoms with Gasteiger partial charge in [-0.15, -0.1) is 11.3 Å². The molecule has 1 aliphatic heterocycles. The molecule has 8 nitrogen and oxygen atoms in total. The van der Waals surface area contributed by atoms with Gasteiger partial charge in [-0.25, -0.2) is 4.98 Å². The summed E-state index contributed by atoms with van der Waals surface area (Å²) in [5.41, 5.74) is -0.600. The highest BCUT2D eigenvalue weighted by Crippen LogP contribution is 2.40. The summed E-state index contributed by atoms with van der Waals surface area (Å²) in [6.07, 6.45) is -0.676. The minimum Gasteiger partial charge on any atom is -0.381 e. The lowest BCUT2D eigenvalue weighted by Gasteiger charge is -2.38. The summed E-state index contributed by atoms with van der Waals surface area (Å²) in [7, 11) is 3.14. The van der Waals surface area contributed by atoms with E-state index in [1.165, 1.54) is 12.4 Å². The fourth-order valence-corrected chi connectivity index (χ4v) is 5.96. The summed E-state index contributed by atoms with van der Waals surface area (Å²) >= 11 is 0.868. The Bertz CT molecular complexity index is 1090. The predicted octanol–water partition coefficient (Wildman–Crippen LogP) is 3.26. The van der Waals surface area contributed by atoms with Crippen molar-refractivity contribution in [2.75, 3.05) is 45.2 Å².